The largest absolute Gasteiger partial charge is 0.494 e. The molecule has 28 heavy (non-hydrogen) atoms. The number of hydrogen-bond acceptors (Lipinski definition) is 4. The molecule has 0 aliphatic carbocycles. The summed E-state index contributed by atoms with van der Waals surface area (Å²) in [6.07, 6.45) is 1.62. The number of halogens is 1. The third kappa shape index (κ3) is 5.44. The fourth-order valence-corrected chi connectivity index (χ4v) is 3.17. The Labute approximate surface area is 168 Å². The highest BCUT2D eigenvalue weighted by Gasteiger charge is 2.05. The molecule has 0 aliphatic heterocycles. The van der Waals surface area contributed by atoms with Crippen LogP contribution in [0.1, 0.15) is 11.1 Å². The van der Waals surface area contributed by atoms with E-state index in [1.54, 1.807) is 12.3 Å². The van der Waals surface area contributed by atoms with Crippen molar-refractivity contribution in [3.8, 4) is 16.9 Å². The molecule has 0 amide bonds. The van der Waals surface area contributed by atoms with Crippen molar-refractivity contribution in [1.29, 1.82) is 0 Å². The third-order valence-electron chi connectivity index (χ3n) is 3.96. The van der Waals surface area contributed by atoms with Gasteiger partial charge in [0.15, 0.2) is 16.7 Å². The summed E-state index contributed by atoms with van der Waals surface area (Å²) in [6, 6.07) is 22.5. The maximum Gasteiger partial charge on any atom is 0.180 e. The standard InChI is InChI=1S/C22H20FN3OS/c1-27-21-11-10-19(13-20(21)23)18-9-5-8-17(12-18)14-25-26-22(24)28-15-16-6-3-2-4-7-16/h2-14H,15H2,1H3,(H2,24,26). The van der Waals surface area contributed by atoms with Crippen molar-refractivity contribution in [2.45, 2.75) is 5.75 Å². The lowest BCUT2D eigenvalue weighted by molar-refractivity contribution is 0.386. The summed E-state index contributed by atoms with van der Waals surface area (Å²) in [7, 11) is 1.44. The zero-order valence-electron chi connectivity index (χ0n) is 15.4. The van der Waals surface area contributed by atoms with Gasteiger partial charge in [-0.1, -0.05) is 66.4 Å². The van der Waals surface area contributed by atoms with Gasteiger partial charge in [0, 0.05) is 5.75 Å². The van der Waals surface area contributed by atoms with Crippen molar-refractivity contribution in [1.82, 2.24) is 0 Å². The number of nitrogens with zero attached hydrogens (tertiary/aromatic N) is 2. The van der Waals surface area contributed by atoms with Crippen LogP contribution >= 0.6 is 11.8 Å². The maximum atomic E-state index is 13.9. The molecule has 142 valence electrons. The van der Waals surface area contributed by atoms with Crippen LogP contribution in [0, 0.1) is 5.82 Å². The number of nitrogens with two attached hydrogens (primary N) is 1. The van der Waals surface area contributed by atoms with Crippen LogP contribution in [0.5, 0.6) is 5.75 Å². The molecule has 6 heteroatoms. The molecule has 4 nitrogen and oxygen atoms in total. The molecule has 0 radical (unpaired) electrons. The average molecular weight is 393 g/mol. The van der Waals surface area contributed by atoms with E-state index in [2.05, 4.69) is 10.2 Å². The smallest absolute Gasteiger partial charge is 0.180 e. The molecule has 0 fully saturated rings. The molecule has 0 aliphatic rings. The number of benzene rings is 3. The molecular formula is C22H20FN3OS. The number of ether oxygens (including phenoxy) is 1. The highest BCUT2D eigenvalue weighted by atomic mass is 32.2. The zero-order chi connectivity index (χ0) is 19.8. The minimum Gasteiger partial charge on any atom is -0.494 e. The van der Waals surface area contributed by atoms with Crippen LogP contribution < -0.4 is 10.5 Å². The second-order valence-electron chi connectivity index (χ2n) is 5.93. The summed E-state index contributed by atoms with van der Waals surface area (Å²) >= 11 is 1.43. The van der Waals surface area contributed by atoms with Gasteiger partial charge in [-0.3, -0.25) is 0 Å². The first-order valence-electron chi connectivity index (χ1n) is 8.63. The average Bonchev–Trinajstić information content (AvgIpc) is 2.73. The Hall–Kier alpha value is -3.12. The molecule has 0 saturated carbocycles. The summed E-state index contributed by atoms with van der Waals surface area (Å²) in [5.41, 5.74) is 9.55. The van der Waals surface area contributed by atoms with Crippen LogP contribution in [-0.4, -0.2) is 18.5 Å². The summed E-state index contributed by atoms with van der Waals surface area (Å²) in [5, 5.41) is 8.48. The number of thioether (sulfide) groups is 1. The van der Waals surface area contributed by atoms with Gasteiger partial charge in [-0.15, -0.1) is 5.10 Å². The van der Waals surface area contributed by atoms with Crippen LogP contribution in [0.15, 0.2) is 83.0 Å². The predicted molar refractivity (Wildman–Crippen MR) is 115 cm³/mol. The summed E-state index contributed by atoms with van der Waals surface area (Å²) < 4.78 is 18.9. The summed E-state index contributed by atoms with van der Waals surface area (Å²) in [6.45, 7) is 0. The Bertz CT molecular complexity index is 990. The molecule has 3 rings (SSSR count). The van der Waals surface area contributed by atoms with E-state index in [9.17, 15) is 4.39 Å². The molecule has 0 saturated heterocycles. The van der Waals surface area contributed by atoms with Crippen molar-refractivity contribution in [2.24, 2.45) is 15.9 Å². The molecule has 0 heterocycles. The lowest BCUT2D eigenvalue weighted by Gasteiger charge is -2.06. The van der Waals surface area contributed by atoms with E-state index in [0.717, 1.165) is 22.4 Å². The van der Waals surface area contributed by atoms with E-state index in [4.69, 9.17) is 10.5 Å². The quantitative estimate of drug-likeness (QED) is 0.361. The van der Waals surface area contributed by atoms with E-state index in [0.29, 0.717) is 5.17 Å². The van der Waals surface area contributed by atoms with E-state index < -0.39 is 5.82 Å². The molecule has 0 atom stereocenters. The molecule has 0 aromatic heterocycles. The third-order valence-corrected chi connectivity index (χ3v) is 4.82. The maximum absolute atomic E-state index is 13.9. The fraction of sp³-hybridized carbons (Fsp3) is 0.0909. The van der Waals surface area contributed by atoms with Gasteiger partial charge in [-0.05, 0) is 40.5 Å². The minimum absolute atomic E-state index is 0.222. The first kappa shape index (κ1) is 19.6. The number of rotatable bonds is 6. The summed E-state index contributed by atoms with van der Waals surface area (Å²) in [5.74, 6) is 0.565. The van der Waals surface area contributed by atoms with Gasteiger partial charge >= 0.3 is 0 Å². The van der Waals surface area contributed by atoms with Gasteiger partial charge < -0.3 is 10.5 Å². The van der Waals surface area contributed by atoms with Crippen molar-refractivity contribution in [2.75, 3.05) is 7.11 Å². The highest BCUT2D eigenvalue weighted by Crippen LogP contribution is 2.25. The highest BCUT2D eigenvalue weighted by molar-refractivity contribution is 8.13. The van der Waals surface area contributed by atoms with E-state index in [-0.39, 0.29) is 5.75 Å². The van der Waals surface area contributed by atoms with Crippen LogP contribution in [0.25, 0.3) is 11.1 Å². The Morgan fingerprint density at radius 3 is 2.57 bits per heavy atom. The van der Waals surface area contributed by atoms with Gasteiger partial charge in [0.05, 0.1) is 13.3 Å². The van der Waals surface area contributed by atoms with E-state index in [1.807, 2.05) is 60.7 Å². The van der Waals surface area contributed by atoms with E-state index in [1.165, 1.54) is 30.5 Å². The SMILES string of the molecule is COc1ccc(-c2cccc(C=NN=C(N)SCc3ccccc3)c2)cc1F. The Balaban J connectivity index is 1.66. The topological polar surface area (TPSA) is 60.0 Å². The Morgan fingerprint density at radius 1 is 1.04 bits per heavy atom. The normalized spacial score (nSPS) is 11.7. The molecule has 3 aromatic carbocycles. The monoisotopic (exact) mass is 393 g/mol. The van der Waals surface area contributed by atoms with Crippen molar-refractivity contribution in [3.05, 3.63) is 89.7 Å². The molecule has 2 N–H and O–H groups in total. The van der Waals surface area contributed by atoms with Gasteiger partial charge in [0.2, 0.25) is 0 Å². The molecule has 3 aromatic rings. The number of methoxy groups -OCH3 is 1. The Kier molecular flexibility index (Phi) is 6.81. The molecule has 0 bridgehead atoms. The van der Waals surface area contributed by atoms with E-state index >= 15 is 0 Å². The second kappa shape index (κ2) is 9.71. The Morgan fingerprint density at radius 2 is 1.82 bits per heavy atom. The first-order chi connectivity index (χ1) is 13.7. The number of hydrogen-bond donors (Lipinski definition) is 1. The second-order valence-corrected chi connectivity index (χ2v) is 6.93. The van der Waals surface area contributed by atoms with Gasteiger partial charge in [-0.2, -0.15) is 5.10 Å². The molecule has 0 spiro atoms. The van der Waals surface area contributed by atoms with Crippen LogP contribution in [-0.2, 0) is 5.75 Å². The van der Waals surface area contributed by atoms with Gasteiger partial charge in [0.1, 0.15) is 0 Å². The molecular weight excluding hydrogens is 373 g/mol. The first-order valence-corrected chi connectivity index (χ1v) is 9.61. The van der Waals surface area contributed by atoms with Crippen LogP contribution in [0.2, 0.25) is 0 Å². The molecule has 0 unspecified atom stereocenters. The van der Waals surface area contributed by atoms with Crippen LogP contribution in [0.3, 0.4) is 0 Å². The van der Waals surface area contributed by atoms with Gasteiger partial charge in [-0.25, -0.2) is 4.39 Å². The van der Waals surface area contributed by atoms with Crippen molar-refractivity contribution in [3.63, 3.8) is 0 Å². The number of amidine groups is 1. The fourth-order valence-electron chi connectivity index (χ4n) is 2.56. The van der Waals surface area contributed by atoms with Crippen molar-refractivity contribution >= 4 is 23.1 Å². The van der Waals surface area contributed by atoms with Crippen LogP contribution in [0.4, 0.5) is 4.39 Å². The summed E-state index contributed by atoms with van der Waals surface area (Å²) in [4.78, 5) is 0. The van der Waals surface area contributed by atoms with Gasteiger partial charge in [0.25, 0.3) is 0 Å². The minimum atomic E-state index is -0.396. The van der Waals surface area contributed by atoms with Crippen molar-refractivity contribution < 1.29 is 9.13 Å². The zero-order valence-corrected chi connectivity index (χ0v) is 16.2. The predicted octanol–water partition coefficient (Wildman–Crippen LogP) is 5.08. The lowest BCUT2D eigenvalue weighted by atomic mass is 10.0. The lowest BCUT2D eigenvalue weighted by Crippen LogP contribution is -2.05.